The highest BCUT2D eigenvalue weighted by atomic mass is 32.2. The van der Waals surface area contributed by atoms with Crippen LogP contribution in [0.3, 0.4) is 0 Å². The number of nitrogens with one attached hydrogen (secondary N) is 1. The minimum atomic E-state index is -5.25. The van der Waals surface area contributed by atoms with E-state index >= 15 is 0 Å². The molecular formula is C41H52F3NO11S. The first kappa shape index (κ1) is 44.4. The highest BCUT2D eigenvalue weighted by molar-refractivity contribution is 7.99. The molecule has 0 spiro atoms. The van der Waals surface area contributed by atoms with Crippen molar-refractivity contribution in [3.05, 3.63) is 51.6 Å². The molecule has 12 nitrogen and oxygen atoms in total. The summed E-state index contributed by atoms with van der Waals surface area (Å²) in [5.74, 6) is -5.57. The van der Waals surface area contributed by atoms with E-state index in [1.54, 1.807) is 5.32 Å². The molecule has 6 atom stereocenters. The van der Waals surface area contributed by atoms with E-state index < -0.39 is 108 Å². The van der Waals surface area contributed by atoms with Crippen molar-refractivity contribution in [3.8, 4) is 17.2 Å². The molecule has 0 bridgehead atoms. The van der Waals surface area contributed by atoms with Crippen LogP contribution < -0.4 is 10.1 Å². The average molecular weight is 824 g/mol. The molecule has 16 heteroatoms. The second kappa shape index (κ2) is 18.9. The molecule has 2 aromatic rings. The lowest BCUT2D eigenvalue weighted by Crippen LogP contribution is -2.57. The number of halogens is 3. The second-order valence-electron chi connectivity index (χ2n) is 15.2. The van der Waals surface area contributed by atoms with Crippen LogP contribution in [0.25, 0.3) is 0 Å². The number of aliphatic hydroxyl groups excluding tert-OH is 1. The number of Topliss-reactive ketones (excluding diaryl/α,β-unsaturated/α-hetero) is 1. The van der Waals surface area contributed by atoms with Crippen LogP contribution in [0, 0.1) is 0 Å². The third-order valence-electron chi connectivity index (χ3n) is 11.1. The maximum atomic E-state index is 14.0. The van der Waals surface area contributed by atoms with Crippen molar-refractivity contribution in [1.82, 2.24) is 5.32 Å². The van der Waals surface area contributed by atoms with E-state index in [0.29, 0.717) is 5.75 Å². The fourth-order valence-electron chi connectivity index (χ4n) is 7.95. The zero-order chi connectivity index (χ0) is 41.7. The van der Waals surface area contributed by atoms with Crippen LogP contribution in [0.15, 0.2) is 18.2 Å². The lowest BCUT2D eigenvalue weighted by Gasteiger charge is -2.43. The number of carbonyl (C=O) groups excluding carboxylic acids is 4. The van der Waals surface area contributed by atoms with Crippen molar-refractivity contribution in [1.29, 1.82) is 0 Å². The summed E-state index contributed by atoms with van der Waals surface area (Å²) in [6.07, 6.45) is -1.21. The third kappa shape index (κ3) is 9.78. The number of rotatable bonds is 18. The number of ether oxygens (including phenoxy) is 3. The van der Waals surface area contributed by atoms with Gasteiger partial charge in [-0.1, -0.05) is 76.8 Å². The van der Waals surface area contributed by atoms with Crippen LogP contribution >= 0.6 is 11.8 Å². The largest absolute Gasteiger partial charge is 0.507 e. The molecule has 2 aliphatic carbocycles. The number of alkyl halides is 3. The summed E-state index contributed by atoms with van der Waals surface area (Å²) in [6.45, 7) is 3.52. The molecular weight excluding hydrogens is 772 g/mol. The predicted octanol–water partition coefficient (Wildman–Crippen LogP) is 6.38. The number of phenols is 2. The first-order valence-electron chi connectivity index (χ1n) is 19.6. The molecule has 2 aromatic carbocycles. The first-order valence-corrected chi connectivity index (χ1v) is 20.8. The number of thioether (sulfide) groups is 1. The van der Waals surface area contributed by atoms with Gasteiger partial charge in [0.25, 0.3) is 0 Å². The van der Waals surface area contributed by atoms with Crippen LogP contribution in [0.1, 0.15) is 140 Å². The molecule has 4 unspecified atom stereocenters. The Bertz CT molecular complexity index is 1820. The number of fused-ring (bicyclic) bond motifs is 3. The Balaban J connectivity index is 1.40. The monoisotopic (exact) mass is 823 g/mol. The number of amides is 1. The van der Waals surface area contributed by atoms with Crippen LogP contribution in [0.4, 0.5) is 13.2 Å². The number of aromatic hydroxyl groups is 2. The summed E-state index contributed by atoms with van der Waals surface area (Å²) >= 11 is 1.33. The van der Waals surface area contributed by atoms with Gasteiger partial charge in [-0.2, -0.15) is 24.9 Å². The number of phenolic OH excluding ortho intramolecular Hbond substituents is 2. The third-order valence-corrected chi connectivity index (χ3v) is 12.1. The van der Waals surface area contributed by atoms with Gasteiger partial charge in [0.2, 0.25) is 5.78 Å². The lowest BCUT2D eigenvalue weighted by molar-refractivity contribution is -0.250. The van der Waals surface area contributed by atoms with Gasteiger partial charge in [-0.05, 0) is 25.2 Å². The van der Waals surface area contributed by atoms with Gasteiger partial charge in [0, 0.05) is 36.0 Å². The zero-order valence-electron chi connectivity index (χ0n) is 32.4. The molecule has 1 aliphatic heterocycles. The van der Waals surface area contributed by atoms with Gasteiger partial charge in [0.1, 0.15) is 29.0 Å². The van der Waals surface area contributed by atoms with Gasteiger partial charge in [-0.25, -0.2) is 0 Å². The summed E-state index contributed by atoms with van der Waals surface area (Å²) in [4.78, 5) is 53.5. The van der Waals surface area contributed by atoms with E-state index in [-0.39, 0.29) is 33.8 Å². The molecule has 0 aromatic heterocycles. The van der Waals surface area contributed by atoms with Crippen molar-refractivity contribution >= 4 is 35.0 Å². The normalized spacial score (nSPS) is 24.4. The first-order chi connectivity index (χ1) is 27.0. The summed E-state index contributed by atoms with van der Waals surface area (Å²) in [7, 11) is 1.29. The Morgan fingerprint density at radius 3 is 2.23 bits per heavy atom. The molecule has 0 saturated carbocycles. The molecule has 1 amide bonds. The fraction of sp³-hybridized carbons (Fsp3) is 0.610. The van der Waals surface area contributed by atoms with Crippen LogP contribution in [-0.2, 0) is 25.5 Å². The second-order valence-corrected chi connectivity index (χ2v) is 16.3. The number of hydrogen-bond donors (Lipinski definition) is 5. The van der Waals surface area contributed by atoms with Crippen LogP contribution in [-0.4, -0.2) is 98.6 Å². The van der Waals surface area contributed by atoms with E-state index in [2.05, 4.69) is 6.92 Å². The molecule has 3 aliphatic rings. The summed E-state index contributed by atoms with van der Waals surface area (Å²) < 4.78 is 56.7. The summed E-state index contributed by atoms with van der Waals surface area (Å²) in [5, 5.41) is 47.9. The number of benzene rings is 2. The highest BCUT2D eigenvalue weighted by Crippen LogP contribution is 2.52. The van der Waals surface area contributed by atoms with Gasteiger partial charge < -0.3 is 40.0 Å². The van der Waals surface area contributed by atoms with Crippen molar-refractivity contribution in [2.75, 3.05) is 18.6 Å². The van der Waals surface area contributed by atoms with Gasteiger partial charge in [0.05, 0.1) is 47.8 Å². The summed E-state index contributed by atoms with van der Waals surface area (Å²) in [6, 6.07) is 2.77. The van der Waals surface area contributed by atoms with Gasteiger partial charge in [0.15, 0.2) is 17.9 Å². The molecule has 5 N–H and O–H groups in total. The van der Waals surface area contributed by atoms with E-state index in [9.17, 15) is 52.8 Å². The molecule has 0 radical (unpaired) electrons. The molecule has 1 heterocycles. The van der Waals surface area contributed by atoms with Crippen LogP contribution in [0.5, 0.6) is 17.2 Å². The van der Waals surface area contributed by atoms with Gasteiger partial charge >= 0.3 is 12.1 Å². The Kier molecular flexibility index (Phi) is 14.7. The number of methoxy groups -OCH3 is 1. The number of ketones is 3. The predicted molar refractivity (Wildman–Crippen MR) is 204 cm³/mol. The maximum absolute atomic E-state index is 14.0. The fourth-order valence-corrected chi connectivity index (χ4v) is 8.96. The minimum Gasteiger partial charge on any atom is -0.507 e. The van der Waals surface area contributed by atoms with E-state index in [1.807, 2.05) is 0 Å². The smallest absolute Gasteiger partial charge is 0.471 e. The maximum Gasteiger partial charge on any atom is 0.471 e. The lowest BCUT2D eigenvalue weighted by atomic mass is 9.72. The number of unbranched alkanes of at least 4 members (excludes halogenated alkanes) is 9. The Labute approximate surface area is 333 Å². The van der Waals surface area contributed by atoms with Gasteiger partial charge in [-0.15, -0.1) is 0 Å². The van der Waals surface area contributed by atoms with Crippen molar-refractivity contribution in [2.45, 2.75) is 140 Å². The number of aliphatic hydroxyl groups is 2. The Hall–Kier alpha value is -3.70. The molecule has 1 saturated heterocycles. The summed E-state index contributed by atoms with van der Waals surface area (Å²) in [5.41, 5.74) is -4.07. The Morgan fingerprint density at radius 1 is 0.965 bits per heavy atom. The minimum absolute atomic E-state index is 0.0336. The number of hydrogen-bond acceptors (Lipinski definition) is 12. The highest BCUT2D eigenvalue weighted by Gasteiger charge is 2.51. The molecule has 1 fully saturated rings. The topological polar surface area (TPSA) is 189 Å². The number of carbonyl (C=O) groups is 4. The van der Waals surface area contributed by atoms with E-state index in [4.69, 9.17) is 14.2 Å². The zero-order valence-corrected chi connectivity index (χ0v) is 33.2. The molecule has 57 heavy (non-hydrogen) atoms. The van der Waals surface area contributed by atoms with Crippen molar-refractivity contribution in [3.63, 3.8) is 0 Å². The SMILES string of the molecule is CCCCCCCCCCCCSCC(=O)[C@]1(O)Cc2c(O)c3c(c(O)c2[C@@H](OC2CC(NC(=O)C(F)(F)F)C(O)C(C)O2)C1)C(=O)c1c(OC)cccc1C3=O. The van der Waals surface area contributed by atoms with Crippen molar-refractivity contribution in [2.24, 2.45) is 0 Å². The van der Waals surface area contributed by atoms with Crippen LogP contribution in [0.2, 0.25) is 0 Å². The Morgan fingerprint density at radius 2 is 1.60 bits per heavy atom. The van der Waals surface area contributed by atoms with E-state index in [1.165, 1.54) is 82.5 Å². The van der Waals surface area contributed by atoms with Crippen molar-refractivity contribution < 1.29 is 67.0 Å². The quantitative estimate of drug-likeness (QED) is 0.0705. The average Bonchev–Trinajstić information content (AvgIpc) is 3.16. The standard InChI is InChI=1S/C41H52F3NO11S/c1-4-5-6-7-8-9-10-11-12-13-17-57-21-28(46)40(53)19-24-31(27(20-40)56-29-18-25(34(47)22(2)55-29)45-39(52)41(42,43)44)38(51)33-32(36(24)49)35(48)23-15-14-16-26(54-3)30(23)37(33)50/h14-16,22,25,27,29,34,47,49,51,53H,4-13,17-21H2,1-3H3,(H,45,52)/t22?,25?,27-,29?,34?,40-/m0/s1. The molecule has 5 rings (SSSR count). The molecule has 314 valence electrons. The van der Waals surface area contributed by atoms with E-state index in [0.717, 1.165) is 25.7 Å². The van der Waals surface area contributed by atoms with Gasteiger partial charge in [-0.3, -0.25) is 19.2 Å².